The van der Waals surface area contributed by atoms with Crippen molar-refractivity contribution in [1.82, 2.24) is 10.2 Å². The summed E-state index contributed by atoms with van der Waals surface area (Å²) in [6, 6.07) is 4.47. The number of hydrogen-bond acceptors (Lipinski definition) is 3. The first-order chi connectivity index (χ1) is 10.1. The van der Waals surface area contributed by atoms with Crippen LogP contribution in [0.5, 0.6) is 0 Å². The minimum Gasteiger partial charge on any atom is -0.297 e. The van der Waals surface area contributed by atoms with Gasteiger partial charge in [-0.25, -0.2) is 0 Å². The zero-order valence-corrected chi connectivity index (χ0v) is 13.8. The molecule has 3 nitrogen and oxygen atoms in total. The highest BCUT2D eigenvalue weighted by molar-refractivity contribution is 5.14. The van der Waals surface area contributed by atoms with E-state index in [9.17, 15) is 5.26 Å². The van der Waals surface area contributed by atoms with Crippen LogP contribution in [0.4, 0.5) is 0 Å². The second-order valence-corrected chi connectivity index (χ2v) is 7.88. The van der Waals surface area contributed by atoms with Gasteiger partial charge in [0.2, 0.25) is 0 Å². The van der Waals surface area contributed by atoms with Gasteiger partial charge in [0, 0.05) is 18.1 Å². The minimum absolute atomic E-state index is 0.263. The van der Waals surface area contributed by atoms with Gasteiger partial charge < -0.3 is 0 Å². The molecule has 4 unspecified atom stereocenters. The van der Waals surface area contributed by atoms with Crippen molar-refractivity contribution in [2.24, 2.45) is 5.92 Å². The highest BCUT2D eigenvalue weighted by Crippen LogP contribution is 2.41. The van der Waals surface area contributed by atoms with E-state index in [1.807, 2.05) is 0 Å². The molecule has 0 amide bonds. The van der Waals surface area contributed by atoms with Gasteiger partial charge >= 0.3 is 0 Å². The van der Waals surface area contributed by atoms with E-state index in [2.05, 4.69) is 30.1 Å². The number of nitrogens with one attached hydrogen (secondary N) is 1. The second-order valence-electron chi connectivity index (χ2n) is 7.88. The molecule has 0 aromatic rings. The Morgan fingerprint density at radius 3 is 2.67 bits per heavy atom. The van der Waals surface area contributed by atoms with Crippen molar-refractivity contribution >= 4 is 0 Å². The molecule has 0 aromatic heterocycles. The van der Waals surface area contributed by atoms with Gasteiger partial charge in [0.15, 0.2) is 0 Å². The van der Waals surface area contributed by atoms with Crippen LogP contribution in [-0.4, -0.2) is 35.1 Å². The van der Waals surface area contributed by atoms with E-state index in [0.29, 0.717) is 12.1 Å². The number of likely N-dealkylation sites (tertiary alicyclic amines) is 1. The fourth-order valence-corrected chi connectivity index (χ4v) is 5.24. The van der Waals surface area contributed by atoms with Crippen LogP contribution in [-0.2, 0) is 0 Å². The largest absolute Gasteiger partial charge is 0.297 e. The topological polar surface area (TPSA) is 39.1 Å². The number of fused-ring (bicyclic) bond motifs is 1. The summed E-state index contributed by atoms with van der Waals surface area (Å²) in [5.74, 6) is 0.947. The fourth-order valence-electron chi connectivity index (χ4n) is 5.24. The van der Waals surface area contributed by atoms with Crippen molar-refractivity contribution < 1.29 is 0 Å². The first-order valence-corrected chi connectivity index (χ1v) is 9.08. The average Bonchev–Trinajstić information content (AvgIpc) is 2.90. The standard InChI is InChI=1S/C18H31N3/c1-14(2)20-18(13-19)10-9-16(12-18)21-11-5-7-15-6-3-4-8-17(15)21/h14-17,20H,3-12H2,1-2H3. The van der Waals surface area contributed by atoms with Crippen molar-refractivity contribution in [3.8, 4) is 6.07 Å². The van der Waals surface area contributed by atoms with Crippen LogP contribution in [0.1, 0.15) is 71.6 Å². The van der Waals surface area contributed by atoms with Crippen LogP contribution >= 0.6 is 0 Å². The Morgan fingerprint density at radius 1 is 1.14 bits per heavy atom. The van der Waals surface area contributed by atoms with Gasteiger partial charge in [-0.2, -0.15) is 5.26 Å². The monoisotopic (exact) mass is 289 g/mol. The van der Waals surface area contributed by atoms with Crippen LogP contribution in [0.15, 0.2) is 0 Å². The molecule has 0 spiro atoms. The van der Waals surface area contributed by atoms with Gasteiger partial charge in [0.05, 0.1) is 6.07 Å². The molecule has 1 N–H and O–H groups in total. The van der Waals surface area contributed by atoms with Crippen molar-refractivity contribution in [1.29, 1.82) is 5.26 Å². The smallest absolute Gasteiger partial charge is 0.108 e. The van der Waals surface area contributed by atoms with Gasteiger partial charge in [-0.05, 0) is 71.3 Å². The fraction of sp³-hybridized carbons (Fsp3) is 0.944. The summed E-state index contributed by atoms with van der Waals surface area (Å²) in [7, 11) is 0. The van der Waals surface area contributed by atoms with Crippen LogP contribution in [0.25, 0.3) is 0 Å². The van der Waals surface area contributed by atoms with Gasteiger partial charge in [-0.3, -0.25) is 10.2 Å². The van der Waals surface area contributed by atoms with E-state index >= 15 is 0 Å². The molecule has 21 heavy (non-hydrogen) atoms. The summed E-state index contributed by atoms with van der Waals surface area (Å²) >= 11 is 0. The predicted molar refractivity (Wildman–Crippen MR) is 85.9 cm³/mol. The third kappa shape index (κ3) is 3.12. The number of piperidine rings is 1. The summed E-state index contributed by atoms with van der Waals surface area (Å²) in [6.07, 6.45) is 11.8. The highest BCUT2D eigenvalue weighted by atomic mass is 15.2. The van der Waals surface area contributed by atoms with Gasteiger partial charge in [0.25, 0.3) is 0 Å². The Balaban J connectivity index is 1.68. The summed E-state index contributed by atoms with van der Waals surface area (Å²) in [5.41, 5.74) is -0.263. The van der Waals surface area contributed by atoms with Crippen molar-refractivity contribution in [3.63, 3.8) is 0 Å². The number of rotatable bonds is 3. The Bertz CT molecular complexity index is 398. The summed E-state index contributed by atoms with van der Waals surface area (Å²) in [4.78, 5) is 2.81. The van der Waals surface area contributed by atoms with Crippen molar-refractivity contribution in [2.45, 2.75) is 95.3 Å². The zero-order chi connectivity index (χ0) is 14.9. The molecule has 1 aliphatic heterocycles. The molecule has 1 heterocycles. The number of nitriles is 1. The van der Waals surface area contributed by atoms with E-state index in [4.69, 9.17) is 0 Å². The minimum atomic E-state index is -0.263. The third-order valence-electron chi connectivity index (χ3n) is 6.02. The molecule has 1 saturated heterocycles. The van der Waals surface area contributed by atoms with Gasteiger partial charge in [-0.15, -0.1) is 0 Å². The lowest BCUT2D eigenvalue weighted by molar-refractivity contribution is 0.0260. The van der Waals surface area contributed by atoms with Crippen molar-refractivity contribution in [2.75, 3.05) is 6.54 Å². The Morgan fingerprint density at radius 2 is 1.90 bits per heavy atom. The molecule has 3 heteroatoms. The van der Waals surface area contributed by atoms with Gasteiger partial charge in [0.1, 0.15) is 5.54 Å². The third-order valence-corrected chi connectivity index (χ3v) is 6.02. The number of nitrogens with zero attached hydrogens (tertiary/aromatic N) is 2. The lowest BCUT2D eigenvalue weighted by Gasteiger charge is -2.47. The van der Waals surface area contributed by atoms with Crippen LogP contribution in [0.2, 0.25) is 0 Å². The number of hydrogen-bond donors (Lipinski definition) is 1. The normalized spacial score (nSPS) is 41.0. The molecule has 0 bridgehead atoms. The molecule has 3 rings (SSSR count). The van der Waals surface area contributed by atoms with E-state index in [1.165, 1.54) is 51.5 Å². The summed E-state index contributed by atoms with van der Waals surface area (Å²) < 4.78 is 0. The molecule has 3 aliphatic rings. The quantitative estimate of drug-likeness (QED) is 0.865. The molecule has 4 atom stereocenters. The first-order valence-electron chi connectivity index (χ1n) is 9.08. The molecule has 2 saturated carbocycles. The van der Waals surface area contributed by atoms with Crippen LogP contribution in [0, 0.1) is 17.2 Å². The summed E-state index contributed by atoms with van der Waals surface area (Å²) in [6.45, 7) is 5.59. The van der Waals surface area contributed by atoms with Crippen molar-refractivity contribution in [3.05, 3.63) is 0 Å². The molecule has 2 aliphatic carbocycles. The molecule has 0 aromatic carbocycles. The Hall–Kier alpha value is -0.590. The van der Waals surface area contributed by atoms with Gasteiger partial charge in [-0.1, -0.05) is 12.8 Å². The summed E-state index contributed by atoms with van der Waals surface area (Å²) in [5, 5.41) is 13.2. The maximum absolute atomic E-state index is 9.68. The SMILES string of the molecule is CC(C)NC1(C#N)CCC(N2CCCC3CCCCC32)C1. The van der Waals surface area contributed by atoms with Crippen LogP contribution in [0.3, 0.4) is 0 Å². The average molecular weight is 289 g/mol. The molecular formula is C18H31N3. The maximum atomic E-state index is 9.68. The lowest BCUT2D eigenvalue weighted by Crippen LogP contribution is -2.52. The highest BCUT2D eigenvalue weighted by Gasteiger charge is 2.45. The molecular weight excluding hydrogens is 258 g/mol. The molecule has 0 radical (unpaired) electrons. The van der Waals surface area contributed by atoms with E-state index < -0.39 is 0 Å². The molecule has 118 valence electrons. The maximum Gasteiger partial charge on any atom is 0.108 e. The van der Waals surface area contributed by atoms with E-state index in [1.54, 1.807) is 0 Å². The van der Waals surface area contributed by atoms with E-state index in [0.717, 1.165) is 24.8 Å². The Labute approximate surface area is 130 Å². The second kappa shape index (κ2) is 6.26. The molecule has 3 fully saturated rings. The van der Waals surface area contributed by atoms with E-state index in [-0.39, 0.29) is 5.54 Å². The zero-order valence-electron chi connectivity index (χ0n) is 13.8. The lowest BCUT2D eigenvalue weighted by atomic mass is 9.77. The van der Waals surface area contributed by atoms with Crippen LogP contribution < -0.4 is 5.32 Å². The Kier molecular flexibility index (Phi) is 4.57. The predicted octanol–water partition coefficient (Wildman–Crippen LogP) is 3.45. The first kappa shape index (κ1) is 15.3.